The number of halogens is 4. The number of anilines is 1. The van der Waals surface area contributed by atoms with Gasteiger partial charge in [-0.3, -0.25) is 0 Å². The molecule has 0 saturated heterocycles. The van der Waals surface area contributed by atoms with E-state index in [1.54, 1.807) is 0 Å². The third kappa shape index (κ3) is 3.84. The summed E-state index contributed by atoms with van der Waals surface area (Å²) in [7, 11) is 0. The van der Waals surface area contributed by atoms with Gasteiger partial charge in [0.1, 0.15) is 5.82 Å². The van der Waals surface area contributed by atoms with Gasteiger partial charge in [-0.15, -0.1) is 0 Å². The minimum atomic E-state index is -4.42. The van der Waals surface area contributed by atoms with E-state index >= 15 is 0 Å². The van der Waals surface area contributed by atoms with E-state index in [4.69, 9.17) is 11.6 Å². The van der Waals surface area contributed by atoms with Gasteiger partial charge in [0.15, 0.2) is 0 Å². The summed E-state index contributed by atoms with van der Waals surface area (Å²) in [5.41, 5.74) is 0.348. The van der Waals surface area contributed by atoms with Crippen LogP contribution in [0.1, 0.15) is 12.0 Å². The van der Waals surface area contributed by atoms with Crippen LogP contribution in [-0.2, 0) is 6.18 Å². The van der Waals surface area contributed by atoms with Crippen LogP contribution in [0.3, 0.4) is 0 Å². The number of aromatic nitrogens is 1. The Morgan fingerprint density at radius 3 is 2.79 bits per heavy atom. The molecule has 7 heteroatoms. The first-order valence-electron chi connectivity index (χ1n) is 5.82. The Hall–Kier alpha value is -1.27. The summed E-state index contributed by atoms with van der Waals surface area (Å²) in [5, 5.41) is 6.11. The van der Waals surface area contributed by atoms with Crippen molar-refractivity contribution in [1.82, 2.24) is 10.3 Å². The van der Waals surface area contributed by atoms with E-state index in [9.17, 15) is 13.2 Å². The van der Waals surface area contributed by atoms with E-state index < -0.39 is 11.7 Å². The molecule has 0 spiro atoms. The molecule has 0 aliphatic carbocycles. The normalized spacial score (nSPS) is 16.1. The van der Waals surface area contributed by atoms with Gasteiger partial charge in [0, 0.05) is 19.3 Å². The second-order valence-electron chi connectivity index (χ2n) is 4.22. The average molecular weight is 292 g/mol. The van der Waals surface area contributed by atoms with Crippen molar-refractivity contribution >= 4 is 17.4 Å². The second-order valence-corrected chi connectivity index (χ2v) is 4.63. The van der Waals surface area contributed by atoms with E-state index in [0.717, 1.165) is 31.8 Å². The topological polar surface area (TPSA) is 37.0 Å². The maximum atomic E-state index is 12.4. The summed E-state index contributed by atoms with van der Waals surface area (Å²) in [6.07, 6.45) is -0.683. The highest BCUT2D eigenvalue weighted by molar-refractivity contribution is 6.32. The van der Waals surface area contributed by atoms with E-state index in [1.165, 1.54) is 5.57 Å². The van der Waals surface area contributed by atoms with Gasteiger partial charge in [0.25, 0.3) is 0 Å². The molecule has 0 radical (unpaired) electrons. The number of nitrogens with zero attached hydrogens (tertiary/aromatic N) is 1. The SMILES string of the molecule is FC(F)(F)c1cnc(NCC2=CCNCC2)c(Cl)c1. The molecule has 19 heavy (non-hydrogen) atoms. The van der Waals surface area contributed by atoms with Crippen LogP contribution in [0.4, 0.5) is 19.0 Å². The first-order chi connectivity index (χ1) is 8.97. The van der Waals surface area contributed by atoms with Gasteiger partial charge in [0.05, 0.1) is 10.6 Å². The number of hydrogen-bond donors (Lipinski definition) is 2. The zero-order chi connectivity index (χ0) is 13.9. The summed E-state index contributed by atoms with van der Waals surface area (Å²) in [4.78, 5) is 3.72. The first kappa shape index (κ1) is 14.1. The molecule has 0 saturated carbocycles. The molecule has 0 amide bonds. The molecule has 0 fully saturated rings. The van der Waals surface area contributed by atoms with Crippen LogP contribution in [0.15, 0.2) is 23.9 Å². The van der Waals surface area contributed by atoms with Crippen LogP contribution < -0.4 is 10.6 Å². The van der Waals surface area contributed by atoms with E-state index in [2.05, 4.69) is 21.7 Å². The van der Waals surface area contributed by atoms with Crippen molar-refractivity contribution in [1.29, 1.82) is 0 Å². The molecule has 0 unspecified atom stereocenters. The Morgan fingerprint density at radius 1 is 1.42 bits per heavy atom. The van der Waals surface area contributed by atoms with Crippen molar-refractivity contribution in [2.45, 2.75) is 12.6 Å². The molecular weight excluding hydrogens is 279 g/mol. The fraction of sp³-hybridized carbons (Fsp3) is 0.417. The Labute approximate surface area is 113 Å². The summed E-state index contributed by atoms with van der Waals surface area (Å²) < 4.78 is 37.3. The fourth-order valence-corrected chi connectivity index (χ4v) is 1.98. The largest absolute Gasteiger partial charge is 0.417 e. The first-order valence-corrected chi connectivity index (χ1v) is 6.20. The Balaban J connectivity index is 2.03. The van der Waals surface area contributed by atoms with Crippen LogP contribution in [0, 0.1) is 0 Å². The molecule has 1 aromatic heterocycles. The van der Waals surface area contributed by atoms with Gasteiger partial charge >= 0.3 is 6.18 Å². The van der Waals surface area contributed by atoms with Gasteiger partial charge < -0.3 is 10.6 Å². The third-order valence-electron chi connectivity index (χ3n) is 2.81. The minimum Gasteiger partial charge on any atom is -0.365 e. The molecule has 1 aromatic rings. The highest BCUT2D eigenvalue weighted by atomic mass is 35.5. The van der Waals surface area contributed by atoms with Crippen molar-refractivity contribution < 1.29 is 13.2 Å². The molecule has 104 valence electrons. The molecule has 1 aliphatic rings. The lowest BCUT2D eigenvalue weighted by atomic mass is 10.1. The predicted molar refractivity (Wildman–Crippen MR) is 68.3 cm³/mol. The van der Waals surface area contributed by atoms with Crippen molar-refractivity contribution in [2.24, 2.45) is 0 Å². The Morgan fingerprint density at radius 2 is 2.21 bits per heavy atom. The molecule has 1 aliphatic heterocycles. The maximum absolute atomic E-state index is 12.4. The Bertz CT molecular complexity index is 486. The van der Waals surface area contributed by atoms with Crippen LogP contribution >= 0.6 is 11.6 Å². The zero-order valence-corrected chi connectivity index (χ0v) is 10.8. The third-order valence-corrected chi connectivity index (χ3v) is 3.10. The van der Waals surface area contributed by atoms with Gasteiger partial charge in [-0.1, -0.05) is 23.3 Å². The molecule has 0 aromatic carbocycles. The van der Waals surface area contributed by atoms with Gasteiger partial charge in [-0.2, -0.15) is 13.2 Å². The number of pyridine rings is 1. The summed E-state index contributed by atoms with van der Waals surface area (Å²) in [6, 6.07) is 0.883. The highest BCUT2D eigenvalue weighted by Crippen LogP contribution is 2.32. The number of alkyl halides is 3. The number of hydrogen-bond acceptors (Lipinski definition) is 3. The van der Waals surface area contributed by atoms with Gasteiger partial charge in [0.2, 0.25) is 0 Å². The molecule has 0 bridgehead atoms. The summed E-state index contributed by atoms with van der Waals surface area (Å²) >= 11 is 5.80. The molecule has 2 heterocycles. The van der Waals surface area contributed by atoms with Crippen LogP contribution in [0.5, 0.6) is 0 Å². The quantitative estimate of drug-likeness (QED) is 0.840. The summed E-state index contributed by atoms with van der Waals surface area (Å²) in [6.45, 7) is 2.26. The number of rotatable bonds is 3. The van der Waals surface area contributed by atoms with Crippen LogP contribution in [0.25, 0.3) is 0 Å². The number of nitrogens with one attached hydrogen (secondary N) is 2. The van der Waals surface area contributed by atoms with Crippen LogP contribution in [0.2, 0.25) is 5.02 Å². The molecule has 3 nitrogen and oxygen atoms in total. The molecule has 2 N–H and O–H groups in total. The molecule has 0 atom stereocenters. The second kappa shape index (κ2) is 5.79. The molecular formula is C12H13ClF3N3. The lowest BCUT2D eigenvalue weighted by Gasteiger charge is -2.16. The van der Waals surface area contributed by atoms with Crippen molar-refractivity contribution in [3.8, 4) is 0 Å². The van der Waals surface area contributed by atoms with Crippen molar-refractivity contribution in [3.05, 3.63) is 34.5 Å². The minimum absolute atomic E-state index is 0.0237. The summed E-state index contributed by atoms with van der Waals surface area (Å²) in [5.74, 6) is 0.272. The molecule has 2 rings (SSSR count). The van der Waals surface area contributed by atoms with Crippen molar-refractivity contribution in [2.75, 3.05) is 25.0 Å². The maximum Gasteiger partial charge on any atom is 0.417 e. The van der Waals surface area contributed by atoms with Crippen LogP contribution in [-0.4, -0.2) is 24.6 Å². The smallest absolute Gasteiger partial charge is 0.365 e. The monoisotopic (exact) mass is 291 g/mol. The predicted octanol–water partition coefficient (Wildman–Crippen LogP) is 3.09. The standard InChI is InChI=1S/C12H13ClF3N3/c13-10-5-9(12(14,15)16)7-19-11(10)18-6-8-1-3-17-4-2-8/h1,5,7,17H,2-4,6H2,(H,18,19). The van der Waals surface area contributed by atoms with E-state index in [-0.39, 0.29) is 10.8 Å². The van der Waals surface area contributed by atoms with Gasteiger partial charge in [-0.25, -0.2) is 4.98 Å². The highest BCUT2D eigenvalue weighted by Gasteiger charge is 2.31. The lowest BCUT2D eigenvalue weighted by molar-refractivity contribution is -0.137. The van der Waals surface area contributed by atoms with Crippen molar-refractivity contribution in [3.63, 3.8) is 0 Å². The zero-order valence-electron chi connectivity index (χ0n) is 10.0. The lowest BCUT2D eigenvalue weighted by Crippen LogP contribution is -2.23. The Kier molecular flexibility index (Phi) is 4.31. The van der Waals surface area contributed by atoms with Gasteiger partial charge in [-0.05, 0) is 19.0 Å². The average Bonchev–Trinajstić information content (AvgIpc) is 2.37. The van der Waals surface area contributed by atoms with E-state index in [0.29, 0.717) is 6.54 Å². The fourth-order valence-electron chi connectivity index (χ4n) is 1.75. The van der Waals surface area contributed by atoms with E-state index in [1.807, 2.05) is 0 Å².